The van der Waals surface area contributed by atoms with Crippen LogP contribution < -0.4 is 5.73 Å². The van der Waals surface area contributed by atoms with Crippen LogP contribution in [-0.2, 0) is 0 Å². The molecular weight excluding hydrogens is 105 g/mol. The third-order valence-electron chi connectivity index (χ3n) is 1.54. The van der Waals surface area contributed by atoms with Gasteiger partial charge in [-0.2, -0.15) is 0 Å². The number of hydrogen-bond acceptors (Lipinski definition) is 1. The van der Waals surface area contributed by atoms with Crippen molar-refractivity contribution >= 4 is 0 Å². The molecular formula is C6H12FN. The Morgan fingerprint density at radius 3 is 2.62 bits per heavy atom. The molecule has 1 aliphatic rings. The first-order valence-corrected chi connectivity index (χ1v) is 3.17. The highest BCUT2D eigenvalue weighted by atomic mass is 19.1. The minimum Gasteiger partial charge on any atom is -0.328 e. The molecule has 0 aliphatic heterocycles. The van der Waals surface area contributed by atoms with E-state index in [9.17, 15) is 4.39 Å². The van der Waals surface area contributed by atoms with E-state index in [0.29, 0.717) is 12.3 Å². The topological polar surface area (TPSA) is 26.0 Å². The van der Waals surface area contributed by atoms with Crippen LogP contribution in [0.5, 0.6) is 0 Å². The smallest absolute Gasteiger partial charge is 0.113 e. The maximum Gasteiger partial charge on any atom is 0.113 e. The number of rotatable bonds is 3. The van der Waals surface area contributed by atoms with E-state index in [2.05, 4.69) is 0 Å². The maximum atomic E-state index is 12.3. The number of hydrogen-bond donors (Lipinski definition) is 1. The van der Waals surface area contributed by atoms with Crippen molar-refractivity contribution < 1.29 is 4.39 Å². The summed E-state index contributed by atoms with van der Waals surface area (Å²) >= 11 is 0. The van der Waals surface area contributed by atoms with Gasteiger partial charge < -0.3 is 5.73 Å². The molecule has 1 saturated carbocycles. The molecule has 2 N–H and O–H groups in total. The Morgan fingerprint density at radius 1 is 1.62 bits per heavy atom. The molecule has 0 spiro atoms. The average molecular weight is 117 g/mol. The van der Waals surface area contributed by atoms with E-state index in [1.165, 1.54) is 12.8 Å². The van der Waals surface area contributed by atoms with Crippen LogP contribution in [0, 0.1) is 5.92 Å². The molecule has 0 bridgehead atoms. The lowest BCUT2D eigenvalue weighted by molar-refractivity contribution is 0.309. The summed E-state index contributed by atoms with van der Waals surface area (Å²) in [7, 11) is 0. The first-order valence-electron chi connectivity index (χ1n) is 3.17. The Morgan fingerprint density at radius 2 is 2.25 bits per heavy atom. The van der Waals surface area contributed by atoms with Crippen LogP contribution in [0.2, 0.25) is 0 Å². The summed E-state index contributed by atoms with van der Waals surface area (Å²) < 4.78 is 12.3. The summed E-state index contributed by atoms with van der Waals surface area (Å²) in [6.07, 6.45) is 2.42. The second-order valence-corrected chi connectivity index (χ2v) is 2.51. The van der Waals surface area contributed by atoms with Gasteiger partial charge in [0.25, 0.3) is 0 Å². The van der Waals surface area contributed by atoms with Gasteiger partial charge in [-0.15, -0.1) is 0 Å². The van der Waals surface area contributed by atoms with Crippen LogP contribution in [0.25, 0.3) is 0 Å². The zero-order valence-corrected chi connectivity index (χ0v) is 4.94. The van der Waals surface area contributed by atoms with Gasteiger partial charge in [0.05, 0.1) is 0 Å². The van der Waals surface area contributed by atoms with Crippen LogP contribution in [0.3, 0.4) is 0 Å². The molecule has 0 aromatic carbocycles. The van der Waals surface area contributed by atoms with Crippen LogP contribution in [0.1, 0.15) is 19.3 Å². The predicted molar refractivity (Wildman–Crippen MR) is 31.3 cm³/mol. The van der Waals surface area contributed by atoms with E-state index in [0.717, 1.165) is 0 Å². The van der Waals surface area contributed by atoms with E-state index in [1.54, 1.807) is 0 Å². The second-order valence-electron chi connectivity index (χ2n) is 2.51. The summed E-state index contributed by atoms with van der Waals surface area (Å²) in [6, 6.07) is 0. The molecule has 2 heteroatoms. The number of alkyl halides is 1. The lowest BCUT2D eigenvalue weighted by atomic mass is 10.2. The summed E-state index contributed by atoms with van der Waals surface area (Å²) in [5.74, 6) is 0.675. The third-order valence-corrected chi connectivity index (χ3v) is 1.54. The molecule has 0 saturated heterocycles. The standard InChI is InChI=1S/C6H12FN/c7-6(4-8)3-5-1-2-5/h5-6H,1-4,8H2/t6-/m0/s1. The van der Waals surface area contributed by atoms with E-state index in [1.807, 2.05) is 0 Å². The van der Waals surface area contributed by atoms with E-state index < -0.39 is 6.17 Å². The predicted octanol–water partition coefficient (Wildman–Crippen LogP) is 1.08. The largest absolute Gasteiger partial charge is 0.328 e. The van der Waals surface area contributed by atoms with Crippen molar-refractivity contribution in [2.24, 2.45) is 11.7 Å². The van der Waals surface area contributed by atoms with Gasteiger partial charge in [0.15, 0.2) is 0 Å². The zero-order chi connectivity index (χ0) is 5.98. The Balaban J connectivity index is 1.98. The van der Waals surface area contributed by atoms with Gasteiger partial charge in [0.1, 0.15) is 6.17 Å². The highest BCUT2D eigenvalue weighted by Crippen LogP contribution is 2.33. The van der Waals surface area contributed by atoms with Crippen molar-refractivity contribution in [1.29, 1.82) is 0 Å². The fourth-order valence-corrected chi connectivity index (χ4v) is 0.811. The number of halogens is 1. The van der Waals surface area contributed by atoms with Gasteiger partial charge in [-0.1, -0.05) is 12.8 Å². The summed E-state index contributed by atoms with van der Waals surface area (Å²) in [6.45, 7) is 0.205. The molecule has 1 fully saturated rings. The molecule has 0 aromatic rings. The molecule has 0 aromatic heterocycles. The Labute approximate surface area is 49.1 Å². The fourth-order valence-electron chi connectivity index (χ4n) is 0.811. The first-order chi connectivity index (χ1) is 3.83. The van der Waals surface area contributed by atoms with Gasteiger partial charge >= 0.3 is 0 Å². The lowest BCUT2D eigenvalue weighted by Gasteiger charge is -2.00. The third kappa shape index (κ3) is 1.78. The van der Waals surface area contributed by atoms with Gasteiger partial charge in [-0.3, -0.25) is 0 Å². The Bertz CT molecular complexity index is 70.9. The van der Waals surface area contributed by atoms with Gasteiger partial charge in [0.2, 0.25) is 0 Å². The monoisotopic (exact) mass is 117 g/mol. The van der Waals surface area contributed by atoms with Crippen molar-refractivity contribution in [3.63, 3.8) is 0 Å². The minimum atomic E-state index is -0.734. The molecule has 48 valence electrons. The van der Waals surface area contributed by atoms with Crippen LogP contribution in [0.15, 0.2) is 0 Å². The van der Waals surface area contributed by atoms with E-state index in [4.69, 9.17) is 5.73 Å². The van der Waals surface area contributed by atoms with E-state index in [-0.39, 0.29) is 6.54 Å². The van der Waals surface area contributed by atoms with Crippen molar-refractivity contribution in [2.75, 3.05) is 6.54 Å². The van der Waals surface area contributed by atoms with Crippen LogP contribution in [-0.4, -0.2) is 12.7 Å². The molecule has 8 heavy (non-hydrogen) atoms. The van der Waals surface area contributed by atoms with Crippen molar-refractivity contribution in [1.82, 2.24) is 0 Å². The highest BCUT2D eigenvalue weighted by molar-refractivity contribution is 4.76. The van der Waals surface area contributed by atoms with Gasteiger partial charge in [-0.25, -0.2) is 4.39 Å². The summed E-state index contributed by atoms with van der Waals surface area (Å²) in [5.41, 5.74) is 5.07. The normalized spacial score (nSPS) is 23.2. The molecule has 1 rings (SSSR count). The Kier molecular flexibility index (Phi) is 1.84. The quantitative estimate of drug-likeness (QED) is 0.588. The molecule has 0 heterocycles. The molecule has 1 aliphatic carbocycles. The molecule has 1 nitrogen and oxygen atoms in total. The second kappa shape index (κ2) is 2.44. The first kappa shape index (κ1) is 6.02. The lowest BCUT2D eigenvalue weighted by Crippen LogP contribution is -2.15. The fraction of sp³-hybridized carbons (Fsp3) is 1.00. The van der Waals surface area contributed by atoms with Crippen LogP contribution >= 0.6 is 0 Å². The maximum absolute atomic E-state index is 12.3. The molecule has 0 radical (unpaired) electrons. The SMILES string of the molecule is NC[C@@H](F)CC1CC1. The molecule has 0 amide bonds. The van der Waals surface area contributed by atoms with Crippen molar-refractivity contribution in [3.05, 3.63) is 0 Å². The van der Waals surface area contributed by atoms with Gasteiger partial charge in [0, 0.05) is 6.54 Å². The summed E-state index contributed by atoms with van der Waals surface area (Å²) in [4.78, 5) is 0. The highest BCUT2D eigenvalue weighted by Gasteiger charge is 2.24. The van der Waals surface area contributed by atoms with E-state index >= 15 is 0 Å². The summed E-state index contributed by atoms with van der Waals surface area (Å²) in [5, 5.41) is 0. The van der Waals surface area contributed by atoms with Gasteiger partial charge in [-0.05, 0) is 12.3 Å². The van der Waals surface area contributed by atoms with Crippen molar-refractivity contribution in [2.45, 2.75) is 25.4 Å². The minimum absolute atomic E-state index is 0.205. The average Bonchev–Trinajstić information content (AvgIpc) is 2.50. The Hall–Kier alpha value is -0.110. The molecule has 1 atom stereocenters. The zero-order valence-electron chi connectivity index (χ0n) is 4.94. The number of nitrogens with two attached hydrogens (primary N) is 1. The molecule has 0 unspecified atom stereocenters. The van der Waals surface area contributed by atoms with Crippen molar-refractivity contribution in [3.8, 4) is 0 Å². The van der Waals surface area contributed by atoms with Crippen LogP contribution in [0.4, 0.5) is 4.39 Å².